The molecule has 0 radical (unpaired) electrons. The Morgan fingerprint density at radius 1 is 1.17 bits per heavy atom. The highest BCUT2D eigenvalue weighted by Gasteiger charge is 2.22. The normalized spacial score (nSPS) is 16.8. The number of fused-ring (bicyclic) bond motifs is 1. The monoisotopic (exact) mass is 322 g/mol. The SMILES string of the molecule is O=C(NCC1CC1)c1ccc2c(c1)OCCN(c1ccccc1)C2. The van der Waals surface area contributed by atoms with Gasteiger partial charge >= 0.3 is 0 Å². The van der Waals surface area contributed by atoms with Crippen molar-refractivity contribution in [1.82, 2.24) is 5.32 Å². The van der Waals surface area contributed by atoms with Crippen LogP contribution in [0.1, 0.15) is 28.8 Å². The summed E-state index contributed by atoms with van der Waals surface area (Å²) < 4.78 is 5.91. The molecule has 0 spiro atoms. The zero-order valence-corrected chi connectivity index (χ0v) is 13.7. The van der Waals surface area contributed by atoms with Gasteiger partial charge in [-0.15, -0.1) is 0 Å². The standard InChI is InChI=1S/C20H22N2O2/c23-20(21-13-15-6-7-15)16-8-9-17-14-22(10-11-24-19(17)12-16)18-4-2-1-3-5-18/h1-5,8-9,12,15H,6-7,10-11,13-14H2,(H,21,23). The van der Waals surface area contributed by atoms with Gasteiger partial charge < -0.3 is 15.0 Å². The zero-order chi connectivity index (χ0) is 16.4. The summed E-state index contributed by atoms with van der Waals surface area (Å²) in [5, 5.41) is 3.01. The number of benzene rings is 2. The quantitative estimate of drug-likeness (QED) is 0.940. The highest BCUT2D eigenvalue weighted by molar-refractivity contribution is 5.94. The molecule has 1 N–H and O–H groups in total. The highest BCUT2D eigenvalue weighted by atomic mass is 16.5. The Morgan fingerprint density at radius 2 is 2.00 bits per heavy atom. The van der Waals surface area contributed by atoms with Gasteiger partial charge in [-0.25, -0.2) is 0 Å². The fourth-order valence-corrected chi connectivity index (χ4v) is 3.03. The highest BCUT2D eigenvalue weighted by Crippen LogP contribution is 2.29. The van der Waals surface area contributed by atoms with E-state index in [9.17, 15) is 4.79 Å². The average molecular weight is 322 g/mol. The summed E-state index contributed by atoms with van der Waals surface area (Å²) in [5.41, 5.74) is 3.00. The van der Waals surface area contributed by atoms with E-state index < -0.39 is 0 Å². The molecular formula is C20H22N2O2. The maximum atomic E-state index is 12.3. The molecule has 1 heterocycles. The van der Waals surface area contributed by atoms with E-state index in [1.165, 1.54) is 18.5 Å². The first-order chi connectivity index (χ1) is 11.8. The van der Waals surface area contributed by atoms with Crippen LogP contribution in [0.2, 0.25) is 0 Å². The molecule has 1 fully saturated rings. The van der Waals surface area contributed by atoms with Crippen molar-refractivity contribution in [2.75, 3.05) is 24.6 Å². The lowest BCUT2D eigenvalue weighted by molar-refractivity contribution is 0.0951. The molecule has 2 aromatic carbocycles. The average Bonchev–Trinajstić information content (AvgIpc) is 3.46. The Morgan fingerprint density at radius 3 is 2.79 bits per heavy atom. The molecule has 4 heteroatoms. The second-order valence-electron chi connectivity index (χ2n) is 6.58. The van der Waals surface area contributed by atoms with Crippen molar-refractivity contribution in [3.63, 3.8) is 0 Å². The third-order valence-electron chi connectivity index (χ3n) is 4.68. The lowest BCUT2D eigenvalue weighted by Gasteiger charge is -2.21. The maximum absolute atomic E-state index is 12.3. The van der Waals surface area contributed by atoms with Gasteiger partial charge in [0.2, 0.25) is 0 Å². The Labute approximate surface area is 142 Å². The second-order valence-corrected chi connectivity index (χ2v) is 6.58. The first-order valence-corrected chi connectivity index (χ1v) is 8.63. The number of ether oxygens (including phenoxy) is 1. The summed E-state index contributed by atoms with van der Waals surface area (Å²) in [4.78, 5) is 14.6. The molecule has 1 aliphatic heterocycles. The van der Waals surface area contributed by atoms with E-state index in [4.69, 9.17) is 4.74 Å². The predicted octanol–water partition coefficient (Wildman–Crippen LogP) is 3.23. The lowest BCUT2D eigenvalue weighted by Crippen LogP contribution is -2.25. The van der Waals surface area contributed by atoms with Crippen molar-refractivity contribution in [2.24, 2.45) is 5.92 Å². The molecule has 2 aromatic rings. The van der Waals surface area contributed by atoms with E-state index in [2.05, 4.69) is 34.5 Å². The number of hydrogen-bond acceptors (Lipinski definition) is 3. The van der Waals surface area contributed by atoms with Crippen LogP contribution < -0.4 is 15.0 Å². The summed E-state index contributed by atoms with van der Waals surface area (Å²) in [6.45, 7) is 3.04. The molecule has 24 heavy (non-hydrogen) atoms. The smallest absolute Gasteiger partial charge is 0.251 e. The van der Waals surface area contributed by atoms with Crippen LogP contribution in [0.5, 0.6) is 5.75 Å². The molecule has 0 aromatic heterocycles. The number of carbonyl (C=O) groups is 1. The number of carbonyl (C=O) groups excluding carboxylic acids is 1. The molecule has 4 nitrogen and oxygen atoms in total. The second kappa shape index (κ2) is 6.56. The Hall–Kier alpha value is -2.49. The first kappa shape index (κ1) is 15.1. The first-order valence-electron chi connectivity index (χ1n) is 8.63. The molecule has 0 unspecified atom stereocenters. The van der Waals surface area contributed by atoms with E-state index in [1.807, 2.05) is 24.3 Å². The molecule has 0 saturated heterocycles. The largest absolute Gasteiger partial charge is 0.491 e. The van der Waals surface area contributed by atoms with Gasteiger partial charge in [-0.05, 0) is 43.0 Å². The third kappa shape index (κ3) is 3.37. The van der Waals surface area contributed by atoms with Crippen molar-refractivity contribution in [3.05, 3.63) is 59.7 Å². The van der Waals surface area contributed by atoms with Gasteiger partial charge in [0.1, 0.15) is 12.4 Å². The van der Waals surface area contributed by atoms with Gasteiger partial charge in [-0.3, -0.25) is 4.79 Å². The van der Waals surface area contributed by atoms with Gasteiger partial charge in [-0.2, -0.15) is 0 Å². The Kier molecular flexibility index (Phi) is 4.11. The number of para-hydroxylation sites is 1. The number of amides is 1. The molecular weight excluding hydrogens is 300 g/mol. The summed E-state index contributed by atoms with van der Waals surface area (Å²) in [7, 11) is 0. The van der Waals surface area contributed by atoms with E-state index in [0.29, 0.717) is 18.1 Å². The van der Waals surface area contributed by atoms with Gasteiger partial charge in [0, 0.05) is 29.9 Å². The number of nitrogens with zero attached hydrogens (tertiary/aromatic N) is 1. The van der Waals surface area contributed by atoms with E-state index in [-0.39, 0.29) is 5.91 Å². The number of rotatable bonds is 4. The summed E-state index contributed by atoms with van der Waals surface area (Å²) >= 11 is 0. The third-order valence-corrected chi connectivity index (χ3v) is 4.68. The van der Waals surface area contributed by atoms with Crippen molar-refractivity contribution in [3.8, 4) is 5.75 Å². The fraction of sp³-hybridized carbons (Fsp3) is 0.350. The van der Waals surface area contributed by atoms with Crippen LogP contribution in [-0.4, -0.2) is 25.6 Å². The molecule has 0 bridgehead atoms. The molecule has 2 aliphatic rings. The van der Waals surface area contributed by atoms with Gasteiger partial charge in [0.15, 0.2) is 0 Å². The summed E-state index contributed by atoms with van der Waals surface area (Å²) in [6.07, 6.45) is 2.48. The van der Waals surface area contributed by atoms with E-state index in [0.717, 1.165) is 30.9 Å². The maximum Gasteiger partial charge on any atom is 0.251 e. The Balaban J connectivity index is 1.50. The molecule has 1 saturated carbocycles. The van der Waals surface area contributed by atoms with Crippen molar-refractivity contribution >= 4 is 11.6 Å². The minimum Gasteiger partial charge on any atom is -0.491 e. The molecule has 4 rings (SSSR count). The predicted molar refractivity (Wildman–Crippen MR) is 94.5 cm³/mol. The van der Waals surface area contributed by atoms with Gasteiger partial charge in [0.25, 0.3) is 5.91 Å². The topological polar surface area (TPSA) is 41.6 Å². The van der Waals surface area contributed by atoms with Crippen LogP contribution in [0.15, 0.2) is 48.5 Å². The lowest BCUT2D eigenvalue weighted by atomic mass is 10.1. The van der Waals surface area contributed by atoms with Gasteiger partial charge in [0.05, 0.1) is 6.54 Å². The van der Waals surface area contributed by atoms with E-state index in [1.54, 1.807) is 0 Å². The van der Waals surface area contributed by atoms with Crippen molar-refractivity contribution in [2.45, 2.75) is 19.4 Å². The fourth-order valence-electron chi connectivity index (χ4n) is 3.03. The molecule has 1 aliphatic carbocycles. The number of nitrogens with one attached hydrogen (secondary N) is 1. The van der Waals surface area contributed by atoms with Crippen LogP contribution in [0, 0.1) is 5.92 Å². The van der Waals surface area contributed by atoms with Crippen LogP contribution in [0.25, 0.3) is 0 Å². The van der Waals surface area contributed by atoms with E-state index >= 15 is 0 Å². The van der Waals surface area contributed by atoms with Crippen LogP contribution in [0.3, 0.4) is 0 Å². The van der Waals surface area contributed by atoms with Crippen molar-refractivity contribution < 1.29 is 9.53 Å². The van der Waals surface area contributed by atoms with Crippen LogP contribution in [0.4, 0.5) is 5.69 Å². The Bertz CT molecular complexity index is 726. The van der Waals surface area contributed by atoms with Crippen molar-refractivity contribution in [1.29, 1.82) is 0 Å². The molecule has 0 atom stereocenters. The molecule has 1 amide bonds. The number of anilines is 1. The van der Waals surface area contributed by atoms with Crippen LogP contribution >= 0.6 is 0 Å². The minimum atomic E-state index is -0.00235. The zero-order valence-electron chi connectivity index (χ0n) is 13.7. The molecule has 124 valence electrons. The van der Waals surface area contributed by atoms with Gasteiger partial charge in [-0.1, -0.05) is 24.3 Å². The summed E-state index contributed by atoms with van der Waals surface area (Å²) in [5.74, 6) is 1.51. The van der Waals surface area contributed by atoms with Crippen LogP contribution in [-0.2, 0) is 6.54 Å². The minimum absolute atomic E-state index is 0.00235. The number of hydrogen-bond donors (Lipinski definition) is 1. The summed E-state index contributed by atoms with van der Waals surface area (Å²) in [6, 6.07) is 16.2.